The first kappa shape index (κ1) is 19.2. The number of hydrogen-bond acceptors (Lipinski definition) is 3. The number of anilines is 1. The van der Waals surface area contributed by atoms with Crippen LogP contribution in [-0.2, 0) is 4.79 Å². The van der Waals surface area contributed by atoms with Crippen molar-refractivity contribution in [1.82, 2.24) is 5.32 Å². The second-order valence-electron chi connectivity index (χ2n) is 6.01. The molecule has 1 unspecified atom stereocenters. The molecule has 0 aromatic heterocycles. The molecular weight excluding hydrogens is 437 g/mol. The maximum Gasteiger partial charge on any atom is 0.267 e. The quantitative estimate of drug-likeness (QED) is 0.639. The molecule has 0 spiro atoms. The molecule has 1 aliphatic heterocycles. The van der Waals surface area contributed by atoms with Gasteiger partial charge in [0.15, 0.2) is 0 Å². The topological polar surface area (TPSA) is 44.7 Å². The summed E-state index contributed by atoms with van der Waals surface area (Å²) in [5.74, 6) is -0.137. The van der Waals surface area contributed by atoms with Gasteiger partial charge in [-0.15, -0.1) is 0 Å². The zero-order valence-corrected chi connectivity index (χ0v) is 17.3. The lowest BCUT2D eigenvalue weighted by Gasteiger charge is -2.25. The lowest BCUT2D eigenvalue weighted by atomic mass is 10.0. The van der Waals surface area contributed by atoms with E-state index >= 15 is 0 Å². The Morgan fingerprint density at radius 2 is 2.00 bits per heavy atom. The SMILES string of the molecule is CCCNC(=O)C1=NN(c2ccc(Cl)cc2Cl)C(c2ccc(Br)cc2)C1. The molecule has 3 rings (SSSR count). The van der Waals surface area contributed by atoms with Crippen LogP contribution in [0.5, 0.6) is 0 Å². The van der Waals surface area contributed by atoms with Gasteiger partial charge in [-0.3, -0.25) is 9.80 Å². The van der Waals surface area contributed by atoms with Gasteiger partial charge in [-0.1, -0.05) is 58.2 Å². The van der Waals surface area contributed by atoms with Crippen molar-refractivity contribution in [1.29, 1.82) is 0 Å². The first-order valence-corrected chi connectivity index (χ1v) is 9.90. The van der Waals surface area contributed by atoms with Gasteiger partial charge in [0.2, 0.25) is 0 Å². The molecule has 0 saturated carbocycles. The smallest absolute Gasteiger partial charge is 0.267 e. The summed E-state index contributed by atoms with van der Waals surface area (Å²) in [6.45, 7) is 2.64. The Morgan fingerprint density at radius 1 is 1.27 bits per heavy atom. The summed E-state index contributed by atoms with van der Waals surface area (Å²) in [5.41, 5.74) is 2.28. The number of hydrogen-bond donors (Lipinski definition) is 1. The van der Waals surface area contributed by atoms with E-state index in [2.05, 4.69) is 26.3 Å². The van der Waals surface area contributed by atoms with Gasteiger partial charge >= 0.3 is 0 Å². The highest BCUT2D eigenvalue weighted by atomic mass is 79.9. The Labute approximate surface area is 171 Å². The highest BCUT2D eigenvalue weighted by molar-refractivity contribution is 9.10. The fourth-order valence-electron chi connectivity index (χ4n) is 2.82. The number of benzene rings is 2. The van der Waals surface area contributed by atoms with E-state index in [-0.39, 0.29) is 11.9 Å². The minimum Gasteiger partial charge on any atom is -0.351 e. The van der Waals surface area contributed by atoms with Crippen LogP contribution in [0, 0.1) is 0 Å². The van der Waals surface area contributed by atoms with Crippen molar-refractivity contribution in [3.63, 3.8) is 0 Å². The van der Waals surface area contributed by atoms with Crippen molar-refractivity contribution in [2.45, 2.75) is 25.8 Å². The van der Waals surface area contributed by atoms with Crippen LogP contribution < -0.4 is 10.3 Å². The number of nitrogens with one attached hydrogen (secondary N) is 1. The molecule has 0 aliphatic carbocycles. The minimum atomic E-state index is -0.137. The average Bonchev–Trinajstić information content (AvgIpc) is 3.05. The summed E-state index contributed by atoms with van der Waals surface area (Å²) >= 11 is 15.9. The molecule has 7 heteroatoms. The van der Waals surface area contributed by atoms with Crippen LogP contribution >= 0.6 is 39.1 Å². The van der Waals surface area contributed by atoms with Gasteiger partial charge in [-0.25, -0.2) is 0 Å². The highest BCUT2D eigenvalue weighted by Crippen LogP contribution is 2.39. The van der Waals surface area contributed by atoms with Crippen molar-refractivity contribution in [2.24, 2.45) is 5.10 Å². The van der Waals surface area contributed by atoms with Gasteiger partial charge < -0.3 is 5.32 Å². The molecule has 0 radical (unpaired) electrons. The van der Waals surface area contributed by atoms with Crippen LogP contribution in [0.15, 0.2) is 52.0 Å². The molecule has 1 heterocycles. The molecule has 2 aromatic carbocycles. The molecule has 1 atom stereocenters. The molecule has 0 fully saturated rings. The Balaban J connectivity index is 1.97. The number of hydrazone groups is 1. The fraction of sp³-hybridized carbons (Fsp3) is 0.263. The molecule has 0 saturated heterocycles. The van der Waals surface area contributed by atoms with Gasteiger partial charge in [0.25, 0.3) is 5.91 Å². The molecule has 1 aliphatic rings. The lowest BCUT2D eigenvalue weighted by Crippen LogP contribution is -2.30. The molecule has 4 nitrogen and oxygen atoms in total. The maximum absolute atomic E-state index is 12.4. The largest absolute Gasteiger partial charge is 0.351 e. The van der Waals surface area contributed by atoms with Crippen LogP contribution in [-0.4, -0.2) is 18.2 Å². The van der Waals surface area contributed by atoms with Crippen molar-refractivity contribution in [3.8, 4) is 0 Å². The van der Waals surface area contributed by atoms with E-state index in [1.54, 1.807) is 12.1 Å². The van der Waals surface area contributed by atoms with E-state index in [1.807, 2.05) is 42.3 Å². The Morgan fingerprint density at radius 3 is 2.65 bits per heavy atom. The van der Waals surface area contributed by atoms with E-state index in [0.717, 1.165) is 22.1 Å². The molecule has 136 valence electrons. The number of amides is 1. The molecular formula is C19H18BrCl2N3O. The normalized spacial score (nSPS) is 16.5. The third kappa shape index (κ3) is 4.22. The van der Waals surface area contributed by atoms with E-state index < -0.39 is 0 Å². The van der Waals surface area contributed by atoms with E-state index in [0.29, 0.717) is 28.7 Å². The second kappa shape index (κ2) is 8.42. The maximum atomic E-state index is 12.4. The Hall–Kier alpha value is -1.56. The monoisotopic (exact) mass is 453 g/mol. The van der Waals surface area contributed by atoms with Crippen LogP contribution in [0.4, 0.5) is 5.69 Å². The minimum absolute atomic E-state index is 0.107. The van der Waals surface area contributed by atoms with Crippen molar-refractivity contribution in [3.05, 3.63) is 62.5 Å². The predicted octanol–water partition coefficient (Wildman–Crippen LogP) is 5.59. The Kier molecular flexibility index (Phi) is 6.22. The standard InChI is InChI=1S/C19H18BrCl2N3O/c1-2-9-23-19(26)16-11-18(12-3-5-13(20)6-4-12)25(24-16)17-8-7-14(21)10-15(17)22/h3-8,10,18H,2,9,11H2,1H3,(H,23,26). The number of carbonyl (C=O) groups is 1. The van der Waals surface area contributed by atoms with Crippen LogP contribution in [0.1, 0.15) is 31.4 Å². The summed E-state index contributed by atoms with van der Waals surface area (Å²) in [4.78, 5) is 12.4. The third-order valence-electron chi connectivity index (χ3n) is 4.12. The van der Waals surface area contributed by atoms with Gasteiger partial charge in [-0.2, -0.15) is 5.10 Å². The van der Waals surface area contributed by atoms with Crippen LogP contribution in [0.2, 0.25) is 10.0 Å². The number of nitrogens with zero attached hydrogens (tertiary/aromatic N) is 2. The lowest BCUT2D eigenvalue weighted by molar-refractivity contribution is -0.114. The van der Waals surface area contributed by atoms with E-state index in [9.17, 15) is 4.79 Å². The summed E-state index contributed by atoms with van der Waals surface area (Å²) in [7, 11) is 0. The number of carbonyl (C=O) groups excluding carboxylic acids is 1. The van der Waals surface area contributed by atoms with Gasteiger partial charge in [0, 0.05) is 22.5 Å². The zero-order chi connectivity index (χ0) is 18.7. The average molecular weight is 455 g/mol. The van der Waals surface area contributed by atoms with Crippen molar-refractivity contribution >= 4 is 56.4 Å². The van der Waals surface area contributed by atoms with E-state index in [1.165, 1.54) is 0 Å². The number of halogens is 3. The first-order valence-electron chi connectivity index (χ1n) is 8.35. The fourth-order valence-corrected chi connectivity index (χ4v) is 3.58. The van der Waals surface area contributed by atoms with Gasteiger partial charge in [-0.05, 0) is 42.3 Å². The third-order valence-corrected chi connectivity index (χ3v) is 5.19. The van der Waals surface area contributed by atoms with Crippen molar-refractivity contribution in [2.75, 3.05) is 11.6 Å². The van der Waals surface area contributed by atoms with Gasteiger partial charge in [0.1, 0.15) is 5.71 Å². The van der Waals surface area contributed by atoms with Crippen LogP contribution in [0.3, 0.4) is 0 Å². The van der Waals surface area contributed by atoms with Crippen molar-refractivity contribution < 1.29 is 4.79 Å². The van der Waals surface area contributed by atoms with Crippen LogP contribution in [0.25, 0.3) is 0 Å². The summed E-state index contributed by atoms with van der Waals surface area (Å²) in [6, 6.07) is 13.2. The zero-order valence-electron chi connectivity index (χ0n) is 14.2. The molecule has 26 heavy (non-hydrogen) atoms. The summed E-state index contributed by atoms with van der Waals surface area (Å²) in [5, 5.41) is 10.3. The Bertz CT molecular complexity index is 839. The molecule has 1 N–H and O–H groups in total. The predicted molar refractivity (Wildman–Crippen MR) is 111 cm³/mol. The molecule has 2 aromatic rings. The highest BCUT2D eigenvalue weighted by Gasteiger charge is 2.33. The summed E-state index contributed by atoms with van der Waals surface area (Å²) in [6.07, 6.45) is 1.39. The first-order chi connectivity index (χ1) is 12.5. The van der Waals surface area contributed by atoms with E-state index in [4.69, 9.17) is 23.2 Å². The molecule has 0 bridgehead atoms. The second-order valence-corrected chi connectivity index (χ2v) is 7.77. The molecule has 1 amide bonds. The van der Waals surface area contributed by atoms with Gasteiger partial charge in [0.05, 0.1) is 16.8 Å². The number of rotatable bonds is 5. The summed E-state index contributed by atoms with van der Waals surface area (Å²) < 4.78 is 0.997.